The number of nitrogens with zero attached hydrogens (tertiary/aromatic N) is 3. The quantitative estimate of drug-likeness (QED) is 0.937. The Morgan fingerprint density at radius 3 is 2.71 bits per heavy atom. The summed E-state index contributed by atoms with van der Waals surface area (Å²) >= 11 is 0. The molecule has 0 aliphatic carbocycles. The van der Waals surface area contributed by atoms with Gasteiger partial charge in [0.05, 0.1) is 0 Å². The van der Waals surface area contributed by atoms with Crippen molar-refractivity contribution in [2.45, 2.75) is 31.2 Å². The van der Waals surface area contributed by atoms with Gasteiger partial charge >= 0.3 is 0 Å². The number of piperidine rings is 1. The summed E-state index contributed by atoms with van der Waals surface area (Å²) in [6.07, 6.45) is 4.69. The third-order valence-electron chi connectivity index (χ3n) is 3.73. The first-order valence-electron chi connectivity index (χ1n) is 7.35. The molecule has 0 saturated carbocycles. The van der Waals surface area contributed by atoms with E-state index in [0.717, 1.165) is 19.3 Å². The van der Waals surface area contributed by atoms with Crippen LogP contribution in [-0.4, -0.2) is 41.7 Å². The normalized spacial score (nSPS) is 17.2. The third kappa shape index (κ3) is 2.51. The van der Waals surface area contributed by atoms with Crippen LogP contribution < -0.4 is 5.32 Å². The van der Waals surface area contributed by atoms with E-state index in [1.54, 1.807) is 14.9 Å². The molecule has 1 N–H and O–H groups in total. The maximum absolute atomic E-state index is 13.0. The number of sulfonamides is 1. The molecular weight excluding hydrogens is 288 g/mol. The Balaban J connectivity index is 2.15. The molecule has 1 aliphatic rings. The first kappa shape index (κ1) is 14.3. The van der Waals surface area contributed by atoms with Crippen molar-refractivity contribution in [1.29, 1.82) is 0 Å². The second-order valence-corrected chi connectivity index (χ2v) is 7.04. The van der Waals surface area contributed by atoms with Gasteiger partial charge in [-0.3, -0.25) is 4.40 Å². The van der Waals surface area contributed by atoms with E-state index in [2.05, 4.69) is 10.3 Å². The van der Waals surface area contributed by atoms with Crippen molar-refractivity contribution in [1.82, 2.24) is 13.7 Å². The molecule has 2 aromatic heterocycles. The Labute approximate surface area is 124 Å². The van der Waals surface area contributed by atoms with Gasteiger partial charge in [-0.05, 0) is 31.9 Å². The average Bonchev–Trinajstić information content (AvgIpc) is 2.87. The highest BCUT2D eigenvalue weighted by Crippen LogP contribution is 2.27. The number of rotatable bonds is 4. The summed E-state index contributed by atoms with van der Waals surface area (Å²) in [5.74, 6) is 0.439. The number of anilines is 1. The summed E-state index contributed by atoms with van der Waals surface area (Å²) < 4.78 is 29.2. The molecule has 0 aromatic carbocycles. The lowest BCUT2D eigenvalue weighted by atomic mass is 10.2. The first-order chi connectivity index (χ1) is 10.1. The Kier molecular flexibility index (Phi) is 3.86. The maximum atomic E-state index is 13.0. The molecule has 7 heteroatoms. The topological polar surface area (TPSA) is 66.7 Å². The van der Waals surface area contributed by atoms with Crippen molar-refractivity contribution in [2.75, 3.05) is 25.0 Å². The second kappa shape index (κ2) is 5.65. The molecule has 2 aromatic rings. The minimum Gasteiger partial charge on any atom is -0.368 e. The number of hydrogen-bond acceptors (Lipinski definition) is 4. The van der Waals surface area contributed by atoms with Crippen LogP contribution in [0.2, 0.25) is 0 Å². The van der Waals surface area contributed by atoms with Crippen molar-refractivity contribution in [3.63, 3.8) is 0 Å². The molecule has 6 nitrogen and oxygen atoms in total. The number of hydrogen-bond donors (Lipinski definition) is 1. The van der Waals surface area contributed by atoms with E-state index >= 15 is 0 Å². The molecule has 21 heavy (non-hydrogen) atoms. The van der Waals surface area contributed by atoms with Gasteiger partial charge in [0.1, 0.15) is 5.65 Å². The molecule has 0 amide bonds. The molecule has 3 heterocycles. The number of fused-ring (bicyclic) bond motifs is 1. The van der Waals surface area contributed by atoms with Crippen molar-refractivity contribution < 1.29 is 8.42 Å². The number of imidazole rings is 1. The van der Waals surface area contributed by atoms with E-state index in [9.17, 15) is 8.42 Å². The number of aromatic nitrogens is 2. The van der Waals surface area contributed by atoms with E-state index in [4.69, 9.17) is 0 Å². The molecule has 114 valence electrons. The molecule has 0 unspecified atom stereocenters. The summed E-state index contributed by atoms with van der Waals surface area (Å²) in [5.41, 5.74) is 0.643. The Hall–Kier alpha value is -1.60. The molecule has 3 rings (SSSR count). The van der Waals surface area contributed by atoms with Crippen molar-refractivity contribution in [3.8, 4) is 0 Å². The van der Waals surface area contributed by atoms with Crippen LogP contribution in [-0.2, 0) is 10.0 Å². The minimum absolute atomic E-state index is 0.252. The zero-order valence-corrected chi connectivity index (χ0v) is 12.9. The van der Waals surface area contributed by atoms with Gasteiger partial charge in [0.2, 0.25) is 0 Å². The number of pyridine rings is 1. The minimum atomic E-state index is -3.53. The van der Waals surface area contributed by atoms with Crippen LogP contribution in [0.25, 0.3) is 5.65 Å². The van der Waals surface area contributed by atoms with Crippen LogP contribution in [0.4, 0.5) is 5.82 Å². The van der Waals surface area contributed by atoms with Gasteiger partial charge < -0.3 is 5.32 Å². The van der Waals surface area contributed by atoms with E-state index in [0.29, 0.717) is 31.1 Å². The average molecular weight is 308 g/mol. The Morgan fingerprint density at radius 2 is 2.00 bits per heavy atom. The lowest BCUT2D eigenvalue weighted by Crippen LogP contribution is -2.36. The highest BCUT2D eigenvalue weighted by molar-refractivity contribution is 7.89. The fourth-order valence-electron chi connectivity index (χ4n) is 2.73. The molecule has 1 aliphatic heterocycles. The first-order valence-corrected chi connectivity index (χ1v) is 8.79. The van der Waals surface area contributed by atoms with Crippen LogP contribution >= 0.6 is 0 Å². The summed E-state index contributed by atoms with van der Waals surface area (Å²) in [6.45, 7) is 3.75. The highest BCUT2D eigenvalue weighted by Gasteiger charge is 2.32. The number of nitrogens with one attached hydrogen (secondary N) is 1. The van der Waals surface area contributed by atoms with Gasteiger partial charge in [-0.1, -0.05) is 12.5 Å². The maximum Gasteiger partial charge on any atom is 0.262 e. The molecule has 0 radical (unpaired) electrons. The predicted octanol–water partition coefficient (Wildman–Crippen LogP) is 1.94. The Morgan fingerprint density at radius 1 is 1.24 bits per heavy atom. The highest BCUT2D eigenvalue weighted by atomic mass is 32.2. The van der Waals surface area contributed by atoms with Gasteiger partial charge in [0.25, 0.3) is 10.0 Å². The molecule has 0 atom stereocenters. The van der Waals surface area contributed by atoms with Crippen LogP contribution in [0.3, 0.4) is 0 Å². The largest absolute Gasteiger partial charge is 0.368 e. The van der Waals surface area contributed by atoms with E-state index in [1.807, 2.05) is 25.1 Å². The lowest BCUT2D eigenvalue weighted by Gasteiger charge is -2.25. The smallest absolute Gasteiger partial charge is 0.262 e. The van der Waals surface area contributed by atoms with Crippen LogP contribution in [0.15, 0.2) is 29.4 Å². The van der Waals surface area contributed by atoms with E-state index < -0.39 is 10.0 Å². The van der Waals surface area contributed by atoms with Gasteiger partial charge in [-0.25, -0.2) is 13.4 Å². The SMILES string of the molecule is CCNc1nc2ccccn2c1S(=O)(=O)N1CCCCC1. The van der Waals surface area contributed by atoms with Crippen LogP contribution in [0.1, 0.15) is 26.2 Å². The van der Waals surface area contributed by atoms with Gasteiger partial charge in [-0.2, -0.15) is 4.31 Å². The van der Waals surface area contributed by atoms with E-state index in [-0.39, 0.29) is 5.03 Å². The predicted molar refractivity (Wildman–Crippen MR) is 82.0 cm³/mol. The fraction of sp³-hybridized carbons (Fsp3) is 0.500. The molecule has 1 fully saturated rings. The van der Waals surface area contributed by atoms with Crippen LogP contribution in [0.5, 0.6) is 0 Å². The van der Waals surface area contributed by atoms with Crippen LogP contribution in [0, 0.1) is 0 Å². The van der Waals surface area contributed by atoms with Gasteiger partial charge in [0, 0.05) is 25.8 Å². The summed E-state index contributed by atoms with van der Waals surface area (Å²) in [7, 11) is -3.53. The molecule has 1 saturated heterocycles. The summed E-state index contributed by atoms with van der Waals surface area (Å²) in [6, 6.07) is 5.49. The van der Waals surface area contributed by atoms with Gasteiger partial charge in [0.15, 0.2) is 10.8 Å². The van der Waals surface area contributed by atoms with Crippen molar-refractivity contribution in [2.24, 2.45) is 0 Å². The second-order valence-electron chi connectivity index (χ2n) is 5.19. The monoisotopic (exact) mass is 308 g/mol. The standard InChI is InChI=1S/C14H20N4O2S/c1-2-15-13-14(18-11-7-4-8-12(18)16-13)21(19,20)17-9-5-3-6-10-17/h4,7-8,11,15H,2-3,5-6,9-10H2,1H3. The molecule has 0 bridgehead atoms. The lowest BCUT2D eigenvalue weighted by molar-refractivity contribution is 0.345. The zero-order chi connectivity index (χ0) is 14.9. The zero-order valence-electron chi connectivity index (χ0n) is 12.1. The van der Waals surface area contributed by atoms with E-state index in [1.165, 1.54) is 0 Å². The summed E-state index contributed by atoms with van der Waals surface area (Å²) in [5, 5.41) is 3.32. The van der Waals surface area contributed by atoms with Crippen molar-refractivity contribution >= 4 is 21.5 Å². The van der Waals surface area contributed by atoms with Crippen molar-refractivity contribution in [3.05, 3.63) is 24.4 Å². The van der Waals surface area contributed by atoms with Gasteiger partial charge in [-0.15, -0.1) is 0 Å². The Bertz CT molecular complexity index is 733. The molecular formula is C14H20N4O2S. The summed E-state index contributed by atoms with van der Waals surface area (Å²) in [4.78, 5) is 4.41. The molecule has 0 spiro atoms. The third-order valence-corrected chi connectivity index (χ3v) is 5.65. The fourth-order valence-corrected chi connectivity index (χ4v) is 4.48.